The van der Waals surface area contributed by atoms with Crippen molar-refractivity contribution in [1.29, 1.82) is 0 Å². The van der Waals surface area contributed by atoms with Crippen LogP contribution in [-0.4, -0.2) is 17.6 Å². The fourth-order valence-electron chi connectivity index (χ4n) is 1.88. The van der Waals surface area contributed by atoms with E-state index in [1.165, 1.54) is 12.1 Å². The molecule has 0 amide bonds. The molecule has 0 atom stereocenters. The summed E-state index contributed by atoms with van der Waals surface area (Å²) in [6, 6.07) is 6.52. The first-order valence-corrected chi connectivity index (χ1v) is 6.56. The van der Waals surface area contributed by atoms with Crippen molar-refractivity contribution in [2.75, 3.05) is 6.54 Å². The first kappa shape index (κ1) is 15.6. The van der Waals surface area contributed by atoms with E-state index in [1.54, 1.807) is 6.07 Å². The van der Waals surface area contributed by atoms with E-state index in [0.29, 0.717) is 13.0 Å². The van der Waals surface area contributed by atoms with Crippen LogP contribution in [0, 0.1) is 11.2 Å². The van der Waals surface area contributed by atoms with Gasteiger partial charge in [0.05, 0.1) is 0 Å². The number of benzene rings is 1. The van der Waals surface area contributed by atoms with Crippen LogP contribution in [0.25, 0.3) is 0 Å². The Morgan fingerprint density at radius 2 is 2.11 bits per heavy atom. The minimum atomic E-state index is -0.749. The Morgan fingerprint density at radius 1 is 1.37 bits per heavy atom. The summed E-state index contributed by atoms with van der Waals surface area (Å²) >= 11 is 0. The zero-order valence-electron chi connectivity index (χ0n) is 11.6. The highest BCUT2D eigenvalue weighted by molar-refractivity contribution is 5.66. The molecule has 0 spiro atoms. The van der Waals surface area contributed by atoms with E-state index in [0.717, 1.165) is 18.5 Å². The molecule has 3 nitrogen and oxygen atoms in total. The third-order valence-corrected chi connectivity index (χ3v) is 3.21. The maximum absolute atomic E-state index is 13.0. The molecule has 1 aromatic rings. The van der Waals surface area contributed by atoms with Crippen molar-refractivity contribution in [1.82, 2.24) is 5.32 Å². The van der Waals surface area contributed by atoms with Crippen molar-refractivity contribution in [3.63, 3.8) is 0 Å². The highest BCUT2D eigenvalue weighted by Gasteiger charge is 2.18. The number of hydrogen-bond acceptors (Lipinski definition) is 2. The minimum absolute atomic E-state index is 0.00727. The molecule has 0 unspecified atom stereocenters. The van der Waals surface area contributed by atoms with Gasteiger partial charge in [-0.3, -0.25) is 4.79 Å². The summed E-state index contributed by atoms with van der Waals surface area (Å²) in [4.78, 5) is 10.5. The molecule has 0 radical (unpaired) electrons. The third kappa shape index (κ3) is 6.91. The van der Waals surface area contributed by atoms with Gasteiger partial charge < -0.3 is 10.4 Å². The standard InChI is InChI=1S/C15H22FNO2/c1-15(2,7-6-14(18)19)8-9-17-11-12-4-3-5-13(16)10-12/h3-5,10,17H,6-9,11H2,1-2H3,(H,18,19). The van der Waals surface area contributed by atoms with Gasteiger partial charge in [-0.2, -0.15) is 0 Å². The number of carboxylic acids is 1. The third-order valence-electron chi connectivity index (χ3n) is 3.21. The molecule has 0 saturated carbocycles. The minimum Gasteiger partial charge on any atom is -0.481 e. The van der Waals surface area contributed by atoms with Crippen LogP contribution in [0.3, 0.4) is 0 Å². The topological polar surface area (TPSA) is 49.3 Å². The molecule has 4 heteroatoms. The maximum Gasteiger partial charge on any atom is 0.303 e. The van der Waals surface area contributed by atoms with Crippen molar-refractivity contribution in [3.8, 4) is 0 Å². The summed E-state index contributed by atoms with van der Waals surface area (Å²) in [5.74, 6) is -0.970. The number of nitrogens with one attached hydrogen (secondary N) is 1. The number of carbonyl (C=O) groups is 1. The van der Waals surface area contributed by atoms with Crippen molar-refractivity contribution >= 4 is 5.97 Å². The van der Waals surface area contributed by atoms with Crippen molar-refractivity contribution in [3.05, 3.63) is 35.6 Å². The first-order chi connectivity index (χ1) is 8.89. The van der Waals surface area contributed by atoms with Crippen LogP contribution in [0.5, 0.6) is 0 Å². The molecule has 0 aliphatic rings. The second kappa shape index (κ2) is 7.24. The van der Waals surface area contributed by atoms with Crippen LogP contribution in [-0.2, 0) is 11.3 Å². The Balaban J connectivity index is 2.24. The van der Waals surface area contributed by atoms with E-state index in [-0.39, 0.29) is 17.7 Å². The maximum atomic E-state index is 13.0. The molecule has 0 aliphatic heterocycles. The Kier molecular flexibility index (Phi) is 5.96. The molecule has 0 saturated heterocycles. The molecule has 0 heterocycles. The van der Waals surface area contributed by atoms with Gasteiger partial charge in [0.2, 0.25) is 0 Å². The lowest BCUT2D eigenvalue weighted by Crippen LogP contribution is -2.23. The van der Waals surface area contributed by atoms with Crippen LogP contribution in [0.15, 0.2) is 24.3 Å². The predicted molar refractivity (Wildman–Crippen MR) is 73.4 cm³/mol. The van der Waals surface area contributed by atoms with Crippen LogP contribution < -0.4 is 5.32 Å². The van der Waals surface area contributed by atoms with Crippen molar-refractivity contribution in [2.45, 2.75) is 39.7 Å². The molecule has 0 aromatic heterocycles. The highest BCUT2D eigenvalue weighted by atomic mass is 19.1. The predicted octanol–water partition coefficient (Wildman–Crippen LogP) is 3.20. The summed E-state index contributed by atoms with van der Waals surface area (Å²) < 4.78 is 13.0. The van der Waals surface area contributed by atoms with Gasteiger partial charge >= 0.3 is 5.97 Å². The number of hydrogen-bond donors (Lipinski definition) is 2. The molecular formula is C15H22FNO2. The average Bonchev–Trinajstić information content (AvgIpc) is 2.33. The smallest absolute Gasteiger partial charge is 0.303 e. The number of carboxylic acid groups (broad SMARTS) is 1. The summed E-state index contributed by atoms with van der Waals surface area (Å²) in [5.41, 5.74) is 0.927. The molecule has 106 valence electrons. The van der Waals surface area contributed by atoms with E-state index >= 15 is 0 Å². The van der Waals surface area contributed by atoms with Gasteiger partial charge in [0, 0.05) is 13.0 Å². The zero-order chi connectivity index (χ0) is 14.3. The van der Waals surface area contributed by atoms with Gasteiger partial charge in [-0.15, -0.1) is 0 Å². The van der Waals surface area contributed by atoms with E-state index in [2.05, 4.69) is 19.2 Å². The van der Waals surface area contributed by atoms with Gasteiger partial charge in [0.15, 0.2) is 0 Å². The summed E-state index contributed by atoms with van der Waals surface area (Å²) in [6.45, 7) is 5.56. The monoisotopic (exact) mass is 267 g/mol. The van der Waals surface area contributed by atoms with Crippen LogP contribution >= 0.6 is 0 Å². The SMILES string of the molecule is CC(C)(CCNCc1cccc(F)c1)CCC(=O)O. The quantitative estimate of drug-likeness (QED) is 0.711. The lowest BCUT2D eigenvalue weighted by Gasteiger charge is -2.23. The number of rotatable bonds is 8. The van der Waals surface area contributed by atoms with Gasteiger partial charge in [0.1, 0.15) is 5.82 Å². The highest BCUT2D eigenvalue weighted by Crippen LogP contribution is 2.26. The Hall–Kier alpha value is -1.42. The van der Waals surface area contributed by atoms with Crippen LogP contribution in [0.2, 0.25) is 0 Å². The van der Waals surface area contributed by atoms with Gasteiger partial charge in [0.25, 0.3) is 0 Å². The Labute approximate surface area is 113 Å². The number of halogens is 1. The van der Waals surface area contributed by atoms with Gasteiger partial charge in [-0.25, -0.2) is 4.39 Å². The van der Waals surface area contributed by atoms with Crippen molar-refractivity contribution in [2.24, 2.45) is 5.41 Å². The summed E-state index contributed by atoms with van der Waals surface area (Å²) in [5, 5.41) is 11.9. The fourth-order valence-corrected chi connectivity index (χ4v) is 1.88. The molecule has 0 fully saturated rings. The molecule has 0 bridgehead atoms. The zero-order valence-corrected chi connectivity index (χ0v) is 11.6. The van der Waals surface area contributed by atoms with E-state index in [4.69, 9.17) is 5.11 Å². The molecule has 1 aromatic carbocycles. The molecule has 19 heavy (non-hydrogen) atoms. The van der Waals surface area contributed by atoms with E-state index in [1.807, 2.05) is 6.07 Å². The second-order valence-electron chi connectivity index (χ2n) is 5.61. The normalized spacial score (nSPS) is 11.5. The van der Waals surface area contributed by atoms with Gasteiger partial charge in [-0.1, -0.05) is 26.0 Å². The van der Waals surface area contributed by atoms with Crippen LogP contribution in [0.1, 0.15) is 38.7 Å². The van der Waals surface area contributed by atoms with Crippen molar-refractivity contribution < 1.29 is 14.3 Å². The Bertz CT molecular complexity index is 418. The fraction of sp³-hybridized carbons (Fsp3) is 0.533. The summed E-state index contributed by atoms with van der Waals surface area (Å²) in [7, 11) is 0. The molecular weight excluding hydrogens is 245 g/mol. The lowest BCUT2D eigenvalue weighted by atomic mass is 9.84. The largest absolute Gasteiger partial charge is 0.481 e. The molecule has 2 N–H and O–H groups in total. The second-order valence-corrected chi connectivity index (χ2v) is 5.61. The summed E-state index contributed by atoms with van der Waals surface area (Å²) in [6.07, 6.45) is 1.77. The van der Waals surface area contributed by atoms with Crippen LogP contribution in [0.4, 0.5) is 4.39 Å². The average molecular weight is 267 g/mol. The van der Waals surface area contributed by atoms with E-state index in [9.17, 15) is 9.18 Å². The Morgan fingerprint density at radius 3 is 2.74 bits per heavy atom. The molecule has 1 rings (SSSR count). The number of aliphatic carboxylic acids is 1. The lowest BCUT2D eigenvalue weighted by molar-refractivity contribution is -0.137. The molecule has 0 aliphatic carbocycles. The van der Waals surface area contributed by atoms with Gasteiger partial charge in [-0.05, 0) is 42.5 Å². The van der Waals surface area contributed by atoms with E-state index < -0.39 is 5.97 Å². The first-order valence-electron chi connectivity index (χ1n) is 6.56.